The van der Waals surface area contributed by atoms with Crippen molar-refractivity contribution in [2.45, 2.75) is 66.0 Å². The van der Waals surface area contributed by atoms with Crippen LogP contribution in [0, 0.1) is 5.92 Å². The van der Waals surface area contributed by atoms with Gasteiger partial charge in [0.05, 0.1) is 0 Å². The molecule has 0 aromatic heterocycles. The number of hydrogen-bond acceptors (Lipinski definition) is 3. The predicted molar refractivity (Wildman–Crippen MR) is 105 cm³/mol. The highest BCUT2D eigenvalue weighted by Gasteiger charge is 2.24. The Morgan fingerprint density at radius 3 is 2.20 bits per heavy atom. The van der Waals surface area contributed by atoms with E-state index >= 15 is 0 Å². The van der Waals surface area contributed by atoms with Gasteiger partial charge < -0.3 is 15.0 Å². The van der Waals surface area contributed by atoms with Crippen LogP contribution in [0.4, 0.5) is 4.79 Å². The van der Waals surface area contributed by atoms with Gasteiger partial charge in [-0.05, 0) is 52.0 Å². The first kappa shape index (κ1) is 21.5. The van der Waals surface area contributed by atoms with Crippen LogP contribution >= 0.6 is 0 Å². The van der Waals surface area contributed by atoms with Crippen LogP contribution in [0.15, 0.2) is 30.3 Å². The molecule has 4 nitrogen and oxygen atoms in total. The second-order valence-corrected chi connectivity index (χ2v) is 8.23. The molecule has 25 heavy (non-hydrogen) atoms. The van der Waals surface area contributed by atoms with Crippen molar-refractivity contribution in [2.24, 2.45) is 5.92 Å². The topological polar surface area (TPSA) is 41.6 Å². The number of amides is 1. The lowest BCUT2D eigenvalue weighted by atomic mass is 9.88. The molecule has 0 spiro atoms. The fourth-order valence-electron chi connectivity index (χ4n) is 2.78. The van der Waals surface area contributed by atoms with Gasteiger partial charge in [0.2, 0.25) is 0 Å². The van der Waals surface area contributed by atoms with Crippen LogP contribution in [0.3, 0.4) is 0 Å². The van der Waals surface area contributed by atoms with Crippen LogP contribution in [0.1, 0.15) is 59.9 Å². The first-order valence-electron chi connectivity index (χ1n) is 9.37. The third-order valence-corrected chi connectivity index (χ3v) is 4.18. The molecule has 0 fully saturated rings. The number of nitrogens with one attached hydrogen (secondary N) is 1. The highest BCUT2D eigenvalue weighted by molar-refractivity contribution is 5.68. The van der Waals surface area contributed by atoms with E-state index < -0.39 is 5.60 Å². The third kappa shape index (κ3) is 7.91. The molecule has 0 aliphatic rings. The van der Waals surface area contributed by atoms with E-state index in [1.807, 2.05) is 34.6 Å². The highest BCUT2D eigenvalue weighted by Crippen LogP contribution is 2.23. The molecule has 1 amide bonds. The van der Waals surface area contributed by atoms with Gasteiger partial charge in [-0.1, -0.05) is 44.2 Å². The number of nitrogens with zero attached hydrogens (tertiary/aromatic N) is 1. The molecule has 1 N–H and O–H groups in total. The normalized spacial score (nSPS) is 13.2. The van der Waals surface area contributed by atoms with Crippen LogP contribution in [-0.2, 0) is 4.74 Å². The SMILES string of the molecule is CC(C)C(CNCCN(C(=O)OC(C)(C)C)C(C)C)c1ccccc1. The van der Waals surface area contributed by atoms with Gasteiger partial charge in [-0.15, -0.1) is 0 Å². The summed E-state index contributed by atoms with van der Waals surface area (Å²) in [5.74, 6) is 1.03. The lowest BCUT2D eigenvalue weighted by Gasteiger charge is -2.30. The van der Waals surface area contributed by atoms with Crippen molar-refractivity contribution in [3.8, 4) is 0 Å². The number of rotatable bonds is 8. The molecule has 0 saturated heterocycles. The lowest BCUT2D eigenvalue weighted by molar-refractivity contribution is 0.0193. The summed E-state index contributed by atoms with van der Waals surface area (Å²) >= 11 is 0. The van der Waals surface area contributed by atoms with E-state index in [2.05, 4.69) is 49.5 Å². The van der Waals surface area contributed by atoms with Gasteiger partial charge in [0.15, 0.2) is 0 Å². The molecule has 1 unspecified atom stereocenters. The Labute approximate surface area is 153 Å². The molecule has 0 radical (unpaired) electrons. The zero-order valence-electron chi connectivity index (χ0n) is 17.0. The minimum atomic E-state index is -0.465. The smallest absolute Gasteiger partial charge is 0.410 e. The van der Waals surface area contributed by atoms with Gasteiger partial charge in [-0.2, -0.15) is 0 Å². The van der Waals surface area contributed by atoms with Gasteiger partial charge in [0.25, 0.3) is 0 Å². The molecule has 142 valence electrons. The highest BCUT2D eigenvalue weighted by atomic mass is 16.6. The largest absolute Gasteiger partial charge is 0.444 e. The van der Waals surface area contributed by atoms with Crippen molar-refractivity contribution in [3.63, 3.8) is 0 Å². The molecule has 0 saturated carbocycles. The first-order chi connectivity index (χ1) is 11.6. The minimum absolute atomic E-state index is 0.117. The summed E-state index contributed by atoms with van der Waals surface area (Å²) in [7, 11) is 0. The number of ether oxygens (including phenoxy) is 1. The van der Waals surface area contributed by atoms with Gasteiger partial charge in [0, 0.05) is 25.7 Å². The van der Waals surface area contributed by atoms with Crippen LogP contribution in [0.25, 0.3) is 0 Å². The Kier molecular flexibility index (Phi) is 8.43. The Morgan fingerprint density at radius 2 is 1.72 bits per heavy atom. The number of benzene rings is 1. The molecule has 0 aliphatic heterocycles. The van der Waals surface area contributed by atoms with E-state index in [1.54, 1.807) is 4.90 Å². The van der Waals surface area contributed by atoms with Crippen LogP contribution in [0.2, 0.25) is 0 Å². The third-order valence-electron chi connectivity index (χ3n) is 4.18. The van der Waals surface area contributed by atoms with E-state index in [-0.39, 0.29) is 12.1 Å². The Morgan fingerprint density at radius 1 is 1.12 bits per heavy atom. The monoisotopic (exact) mass is 348 g/mol. The van der Waals surface area contributed by atoms with Crippen molar-refractivity contribution < 1.29 is 9.53 Å². The maximum absolute atomic E-state index is 12.3. The van der Waals surface area contributed by atoms with Gasteiger partial charge in [-0.3, -0.25) is 0 Å². The van der Waals surface area contributed by atoms with E-state index in [1.165, 1.54) is 5.56 Å². The molecule has 0 heterocycles. The quantitative estimate of drug-likeness (QED) is 0.695. The molecular formula is C21H36N2O2. The molecule has 4 heteroatoms. The van der Waals surface area contributed by atoms with Crippen molar-refractivity contribution in [2.75, 3.05) is 19.6 Å². The zero-order chi connectivity index (χ0) is 19.0. The molecular weight excluding hydrogens is 312 g/mol. The summed E-state index contributed by atoms with van der Waals surface area (Å²) in [5.41, 5.74) is 0.895. The maximum atomic E-state index is 12.3. The summed E-state index contributed by atoms with van der Waals surface area (Å²) in [6.07, 6.45) is -0.243. The fraction of sp³-hybridized carbons (Fsp3) is 0.667. The predicted octanol–water partition coefficient (Wildman–Crippen LogP) is 4.66. The van der Waals surface area contributed by atoms with Crippen molar-refractivity contribution in [1.82, 2.24) is 10.2 Å². The molecule has 1 atom stereocenters. The van der Waals surface area contributed by atoms with Crippen molar-refractivity contribution in [1.29, 1.82) is 0 Å². The summed E-state index contributed by atoms with van der Waals surface area (Å²) in [4.78, 5) is 14.1. The molecule has 0 aliphatic carbocycles. The summed E-state index contributed by atoms with van der Waals surface area (Å²) in [6, 6.07) is 10.7. The van der Waals surface area contributed by atoms with Crippen LogP contribution in [0.5, 0.6) is 0 Å². The number of carbonyl (C=O) groups excluding carboxylic acids is 1. The lowest BCUT2D eigenvalue weighted by Crippen LogP contribution is -2.44. The Balaban J connectivity index is 2.54. The van der Waals surface area contributed by atoms with Crippen molar-refractivity contribution in [3.05, 3.63) is 35.9 Å². The van der Waals surface area contributed by atoms with Crippen LogP contribution < -0.4 is 5.32 Å². The maximum Gasteiger partial charge on any atom is 0.410 e. The summed E-state index contributed by atoms with van der Waals surface area (Å²) < 4.78 is 5.51. The molecule has 0 bridgehead atoms. The van der Waals surface area contributed by atoms with Gasteiger partial charge in [-0.25, -0.2) is 4.79 Å². The van der Waals surface area contributed by atoms with E-state index in [0.29, 0.717) is 18.4 Å². The number of hydrogen-bond donors (Lipinski definition) is 1. The van der Waals surface area contributed by atoms with Crippen molar-refractivity contribution >= 4 is 6.09 Å². The number of carbonyl (C=O) groups is 1. The van der Waals surface area contributed by atoms with Gasteiger partial charge in [0.1, 0.15) is 5.60 Å². The summed E-state index contributed by atoms with van der Waals surface area (Å²) in [5, 5.41) is 3.52. The summed E-state index contributed by atoms with van der Waals surface area (Å²) in [6.45, 7) is 16.5. The zero-order valence-corrected chi connectivity index (χ0v) is 17.0. The average Bonchev–Trinajstić information content (AvgIpc) is 2.49. The minimum Gasteiger partial charge on any atom is -0.444 e. The first-order valence-corrected chi connectivity index (χ1v) is 9.37. The van der Waals surface area contributed by atoms with E-state index in [4.69, 9.17) is 4.74 Å². The van der Waals surface area contributed by atoms with Gasteiger partial charge >= 0.3 is 6.09 Å². The average molecular weight is 349 g/mol. The molecule has 1 rings (SSSR count). The van der Waals surface area contributed by atoms with Crippen LogP contribution in [-0.4, -0.2) is 42.3 Å². The standard InChI is InChI=1S/C21H36N2O2/c1-16(2)19(18-11-9-8-10-12-18)15-22-13-14-23(17(3)4)20(24)25-21(5,6)7/h8-12,16-17,19,22H,13-15H2,1-7H3. The second-order valence-electron chi connectivity index (χ2n) is 8.23. The Bertz CT molecular complexity index is 506. The van der Waals surface area contributed by atoms with E-state index in [0.717, 1.165) is 13.1 Å². The molecule has 1 aromatic rings. The fourth-order valence-corrected chi connectivity index (χ4v) is 2.78. The molecule has 1 aromatic carbocycles. The Hall–Kier alpha value is -1.55. The van der Waals surface area contributed by atoms with E-state index in [9.17, 15) is 4.79 Å². The second kappa shape index (κ2) is 9.81.